The first kappa shape index (κ1) is 13.3. The highest BCUT2D eigenvalue weighted by Gasteiger charge is 2.12. The molecule has 1 heterocycles. The van der Waals surface area contributed by atoms with Crippen molar-refractivity contribution in [1.29, 1.82) is 0 Å². The third kappa shape index (κ3) is 3.44. The first-order valence-corrected chi connectivity index (χ1v) is 6.57. The summed E-state index contributed by atoms with van der Waals surface area (Å²) < 4.78 is 1.73. The number of hydrogen-bond donors (Lipinski definition) is 1. The quantitative estimate of drug-likeness (QED) is 0.892. The summed E-state index contributed by atoms with van der Waals surface area (Å²) in [5.74, 6) is -0.0571. The van der Waals surface area contributed by atoms with Gasteiger partial charge in [-0.1, -0.05) is 30.3 Å². The van der Waals surface area contributed by atoms with Gasteiger partial charge in [0.25, 0.3) is 5.91 Å². The maximum atomic E-state index is 12.1. The summed E-state index contributed by atoms with van der Waals surface area (Å²) in [7, 11) is 0. The Morgan fingerprint density at radius 2 is 2.05 bits per heavy atom. The van der Waals surface area contributed by atoms with Gasteiger partial charge in [0.05, 0.1) is 5.69 Å². The highest BCUT2D eigenvalue weighted by molar-refractivity contribution is 5.92. The molecule has 0 aliphatic carbocycles. The number of hydrogen-bond acceptors (Lipinski definition) is 2. The number of rotatable bonds is 5. The fourth-order valence-electron chi connectivity index (χ4n) is 2.02. The third-order valence-electron chi connectivity index (χ3n) is 2.98. The summed E-state index contributed by atoms with van der Waals surface area (Å²) in [4.78, 5) is 12.1. The smallest absolute Gasteiger partial charge is 0.269 e. The molecular formula is C15H19N3O. The maximum Gasteiger partial charge on any atom is 0.269 e. The van der Waals surface area contributed by atoms with Gasteiger partial charge in [-0.3, -0.25) is 9.48 Å². The van der Waals surface area contributed by atoms with E-state index in [1.807, 2.05) is 38.1 Å². The van der Waals surface area contributed by atoms with Crippen LogP contribution in [0.4, 0.5) is 0 Å². The van der Waals surface area contributed by atoms with E-state index in [0.717, 1.165) is 12.1 Å². The molecule has 4 nitrogen and oxygen atoms in total. The van der Waals surface area contributed by atoms with Crippen molar-refractivity contribution in [3.8, 4) is 0 Å². The number of carbonyl (C=O) groups excluding carboxylic acids is 1. The summed E-state index contributed by atoms with van der Waals surface area (Å²) in [6.45, 7) is 5.21. The van der Waals surface area contributed by atoms with E-state index in [1.54, 1.807) is 4.68 Å². The van der Waals surface area contributed by atoms with Crippen LogP contribution >= 0.6 is 0 Å². The molecule has 1 aromatic carbocycles. The van der Waals surface area contributed by atoms with Gasteiger partial charge >= 0.3 is 0 Å². The summed E-state index contributed by atoms with van der Waals surface area (Å²) >= 11 is 0. The average molecular weight is 257 g/mol. The van der Waals surface area contributed by atoms with Gasteiger partial charge in [-0.2, -0.15) is 5.10 Å². The molecule has 100 valence electrons. The second kappa shape index (κ2) is 6.18. The molecule has 0 fully saturated rings. The molecule has 0 saturated carbocycles. The molecule has 0 aliphatic heterocycles. The maximum absolute atomic E-state index is 12.1. The second-order valence-electron chi connectivity index (χ2n) is 4.48. The Hall–Kier alpha value is -2.10. The van der Waals surface area contributed by atoms with Crippen LogP contribution in [0, 0.1) is 6.92 Å². The van der Waals surface area contributed by atoms with Crippen LogP contribution in [0.1, 0.15) is 28.7 Å². The normalized spacial score (nSPS) is 10.4. The van der Waals surface area contributed by atoms with Gasteiger partial charge < -0.3 is 5.32 Å². The van der Waals surface area contributed by atoms with Crippen molar-refractivity contribution in [2.24, 2.45) is 0 Å². The standard InChI is InChI=1S/C15H19N3O/c1-3-18-14(11-12(2)17-18)15(19)16-10-9-13-7-5-4-6-8-13/h4-8,11H,3,9-10H2,1-2H3,(H,16,19). The topological polar surface area (TPSA) is 46.9 Å². The summed E-state index contributed by atoms with van der Waals surface area (Å²) in [5, 5.41) is 7.21. The molecule has 19 heavy (non-hydrogen) atoms. The molecule has 1 N–H and O–H groups in total. The van der Waals surface area contributed by atoms with Crippen LogP contribution in [0.15, 0.2) is 36.4 Å². The molecule has 0 spiro atoms. The van der Waals surface area contributed by atoms with Crippen LogP contribution in [0.3, 0.4) is 0 Å². The Morgan fingerprint density at radius 3 is 2.74 bits per heavy atom. The minimum Gasteiger partial charge on any atom is -0.350 e. The molecular weight excluding hydrogens is 238 g/mol. The molecule has 4 heteroatoms. The van der Waals surface area contributed by atoms with Crippen molar-refractivity contribution in [2.45, 2.75) is 26.8 Å². The zero-order valence-electron chi connectivity index (χ0n) is 11.4. The minimum absolute atomic E-state index is 0.0571. The predicted molar refractivity (Wildman–Crippen MR) is 75.1 cm³/mol. The molecule has 0 radical (unpaired) electrons. The van der Waals surface area contributed by atoms with E-state index in [-0.39, 0.29) is 5.91 Å². The molecule has 1 aromatic heterocycles. The number of carbonyl (C=O) groups is 1. The Morgan fingerprint density at radius 1 is 1.32 bits per heavy atom. The van der Waals surface area contributed by atoms with Gasteiger partial charge in [-0.25, -0.2) is 0 Å². The number of nitrogens with one attached hydrogen (secondary N) is 1. The Bertz CT molecular complexity index is 546. The zero-order chi connectivity index (χ0) is 13.7. The van der Waals surface area contributed by atoms with Gasteiger partial charge in [0.15, 0.2) is 0 Å². The van der Waals surface area contributed by atoms with Crippen molar-refractivity contribution in [3.63, 3.8) is 0 Å². The van der Waals surface area contributed by atoms with E-state index in [1.165, 1.54) is 5.56 Å². The van der Waals surface area contributed by atoms with E-state index in [9.17, 15) is 4.79 Å². The van der Waals surface area contributed by atoms with Crippen LogP contribution in [-0.2, 0) is 13.0 Å². The minimum atomic E-state index is -0.0571. The van der Waals surface area contributed by atoms with Crippen LogP contribution in [0.5, 0.6) is 0 Å². The van der Waals surface area contributed by atoms with Gasteiger partial charge in [-0.15, -0.1) is 0 Å². The predicted octanol–water partition coefficient (Wildman–Crippen LogP) is 2.18. The molecule has 2 aromatic rings. The molecule has 0 unspecified atom stereocenters. The number of benzene rings is 1. The van der Waals surface area contributed by atoms with E-state index >= 15 is 0 Å². The van der Waals surface area contributed by atoms with Gasteiger partial charge in [-0.05, 0) is 31.9 Å². The van der Waals surface area contributed by atoms with Crippen molar-refractivity contribution in [1.82, 2.24) is 15.1 Å². The molecule has 1 amide bonds. The summed E-state index contributed by atoms with van der Waals surface area (Å²) in [6.07, 6.45) is 0.839. The molecule has 0 bridgehead atoms. The third-order valence-corrected chi connectivity index (χ3v) is 2.98. The molecule has 0 atom stereocenters. The van der Waals surface area contributed by atoms with Crippen LogP contribution in [0.2, 0.25) is 0 Å². The van der Waals surface area contributed by atoms with Crippen LogP contribution < -0.4 is 5.32 Å². The monoisotopic (exact) mass is 257 g/mol. The Labute approximate surface area is 113 Å². The Kier molecular flexibility index (Phi) is 4.34. The zero-order valence-corrected chi connectivity index (χ0v) is 11.4. The molecule has 0 aliphatic rings. The van der Waals surface area contributed by atoms with Crippen molar-refractivity contribution < 1.29 is 4.79 Å². The van der Waals surface area contributed by atoms with Gasteiger partial charge in [0, 0.05) is 13.1 Å². The second-order valence-corrected chi connectivity index (χ2v) is 4.48. The first-order chi connectivity index (χ1) is 9.20. The van der Waals surface area contributed by atoms with E-state index in [2.05, 4.69) is 22.5 Å². The van der Waals surface area contributed by atoms with Crippen molar-refractivity contribution >= 4 is 5.91 Å². The molecule has 0 saturated heterocycles. The highest BCUT2D eigenvalue weighted by Crippen LogP contribution is 2.04. The van der Waals surface area contributed by atoms with Crippen LogP contribution in [0.25, 0.3) is 0 Å². The van der Waals surface area contributed by atoms with E-state index in [4.69, 9.17) is 0 Å². The number of aromatic nitrogens is 2. The summed E-state index contributed by atoms with van der Waals surface area (Å²) in [6, 6.07) is 11.9. The van der Waals surface area contributed by atoms with E-state index < -0.39 is 0 Å². The lowest BCUT2D eigenvalue weighted by molar-refractivity contribution is 0.0943. The Balaban J connectivity index is 1.91. The van der Waals surface area contributed by atoms with Crippen LogP contribution in [-0.4, -0.2) is 22.2 Å². The lowest BCUT2D eigenvalue weighted by atomic mass is 10.1. The highest BCUT2D eigenvalue weighted by atomic mass is 16.2. The number of nitrogens with zero attached hydrogens (tertiary/aromatic N) is 2. The van der Waals surface area contributed by atoms with Crippen molar-refractivity contribution in [2.75, 3.05) is 6.54 Å². The fraction of sp³-hybridized carbons (Fsp3) is 0.333. The lowest BCUT2D eigenvalue weighted by Crippen LogP contribution is -2.28. The van der Waals surface area contributed by atoms with Gasteiger partial charge in [0.1, 0.15) is 5.69 Å². The van der Waals surface area contributed by atoms with E-state index in [0.29, 0.717) is 18.8 Å². The fourth-order valence-corrected chi connectivity index (χ4v) is 2.02. The largest absolute Gasteiger partial charge is 0.350 e. The van der Waals surface area contributed by atoms with Crippen molar-refractivity contribution in [3.05, 3.63) is 53.3 Å². The van der Waals surface area contributed by atoms with Gasteiger partial charge in [0.2, 0.25) is 0 Å². The summed E-state index contributed by atoms with van der Waals surface area (Å²) in [5.41, 5.74) is 2.73. The lowest BCUT2D eigenvalue weighted by Gasteiger charge is -2.06. The number of aryl methyl sites for hydroxylation is 2. The SMILES string of the molecule is CCn1nc(C)cc1C(=O)NCCc1ccccc1. The first-order valence-electron chi connectivity index (χ1n) is 6.57. The number of amides is 1. The average Bonchev–Trinajstić information content (AvgIpc) is 2.81. The molecule has 2 rings (SSSR count).